The smallest absolute Gasteiger partial charge is 0.348 e. The monoisotopic (exact) mass is 167 g/mol. The predicted molar refractivity (Wildman–Crippen MR) is 41.9 cm³/mol. The second-order valence-electron chi connectivity index (χ2n) is 1.75. The van der Waals surface area contributed by atoms with Crippen molar-refractivity contribution in [2.45, 2.75) is 0 Å². The van der Waals surface area contributed by atoms with Gasteiger partial charge in [0.1, 0.15) is 11.6 Å². The van der Waals surface area contributed by atoms with E-state index in [0.717, 1.165) is 0 Å². The highest BCUT2D eigenvalue weighted by atomic mass is 16.5. The molecule has 4 heteroatoms. The highest BCUT2D eigenvalue weighted by Gasteiger charge is 2.05. The van der Waals surface area contributed by atoms with Crippen LogP contribution in [0.1, 0.15) is 0 Å². The van der Waals surface area contributed by atoms with Gasteiger partial charge in [0.05, 0.1) is 20.5 Å². The zero-order valence-electron chi connectivity index (χ0n) is 6.90. The largest absolute Gasteiger partial charge is 0.504 e. The van der Waals surface area contributed by atoms with E-state index in [1.807, 2.05) is 0 Å². The fourth-order valence-corrected chi connectivity index (χ4v) is 0.475. The van der Waals surface area contributed by atoms with Crippen molar-refractivity contribution in [3.8, 4) is 6.07 Å². The summed E-state index contributed by atoms with van der Waals surface area (Å²) in [7, 11) is 2.68. The Labute approximate surface area is 70.7 Å². The van der Waals surface area contributed by atoms with E-state index in [4.69, 9.17) is 5.26 Å². The summed E-state index contributed by atoms with van der Waals surface area (Å²) >= 11 is 0. The molecule has 0 aromatic rings. The van der Waals surface area contributed by atoms with Gasteiger partial charge in [0, 0.05) is 0 Å². The van der Waals surface area contributed by atoms with E-state index in [1.54, 1.807) is 6.07 Å². The van der Waals surface area contributed by atoms with Gasteiger partial charge in [-0.05, 0) is 12.2 Å². The van der Waals surface area contributed by atoms with Crippen LogP contribution in [0.4, 0.5) is 0 Å². The number of hydrogen-bond donors (Lipinski definition) is 0. The molecule has 12 heavy (non-hydrogen) atoms. The van der Waals surface area contributed by atoms with E-state index in [2.05, 4.69) is 9.47 Å². The topological polar surface area (TPSA) is 59.3 Å². The zero-order chi connectivity index (χ0) is 9.40. The minimum atomic E-state index is -0.654. The van der Waals surface area contributed by atoms with Crippen LogP contribution in [0.25, 0.3) is 0 Å². The molecule has 0 aromatic carbocycles. The third kappa shape index (κ3) is 3.42. The highest BCUT2D eigenvalue weighted by molar-refractivity contribution is 5.92. The lowest BCUT2D eigenvalue weighted by atomic mass is 10.3. The first-order valence-electron chi connectivity index (χ1n) is 3.14. The van der Waals surface area contributed by atoms with Crippen molar-refractivity contribution >= 4 is 5.97 Å². The molecule has 0 N–H and O–H groups in total. The quantitative estimate of drug-likeness (QED) is 0.205. The van der Waals surface area contributed by atoms with Gasteiger partial charge in [0.2, 0.25) is 0 Å². The van der Waals surface area contributed by atoms with Gasteiger partial charge in [-0.2, -0.15) is 5.26 Å². The molecule has 64 valence electrons. The number of ether oxygens (including phenoxy) is 2. The molecule has 0 aliphatic heterocycles. The molecular formula is C8H9NO3. The van der Waals surface area contributed by atoms with Crippen LogP contribution in [0.2, 0.25) is 0 Å². The summed E-state index contributed by atoms with van der Waals surface area (Å²) in [5.74, 6) is -0.654. The maximum absolute atomic E-state index is 10.7. The zero-order valence-corrected chi connectivity index (χ0v) is 6.90. The fraction of sp³-hybridized carbons (Fsp3) is 0.250. The molecule has 4 nitrogen and oxygen atoms in total. The van der Waals surface area contributed by atoms with Crippen molar-refractivity contribution < 1.29 is 14.3 Å². The highest BCUT2D eigenvalue weighted by Crippen LogP contribution is 1.95. The second kappa shape index (κ2) is 5.98. The molecule has 0 fully saturated rings. The Morgan fingerprint density at radius 1 is 1.50 bits per heavy atom. The SMILES string of the molecule is CO/C=C/C=C(/C#N)C(=O)OC. The first-order valence-corrected chi connectivity index (χ1v) is 3.14. The molecule has 0 saturated heterocycles. The third-order valence-electron chi connectivity index (χ3n) is 1.00. The molecule has 0 bridgehead atoms. The molecule has 0 aliphatic carbocycles. The summed E-state index contributed by atoms with van der Waals surface area (Å²) in [6.07, 6.45) is 4.10. The van der Waals surface area contributed by atoms with E-state index >= 15 is 0 Å². The summed E-state index contributed by atoms with van der Waals surface area (Å²) < 4.78 is 8.89. The number of rotatable bonds is 3. The predicted octanol–water partition coefficient (Wildman–Crippen LogP) is 0.769. The lowest BCUT2D eigenvalue weighted by Crippen LogP contribution is -2.02. The number of hydrogen-bond acceptors (Lipinski definition) is 4. The summed E-state index contributed by atoms with van der Waals surface area (Å²) in [6.45, 7) is 0. The van der Waals surface area contributed by atoms with Gasteiger partial charge in [0.25, 0.3) is 0 Å². The molecule has 0 atom stereocenters. The maximum atomic E-state index is 10.7. The first kappa shape index (κ1) is 10.2. The molecule has 0 aromatic heterocycles. The van der Waals surface area contributed by atoms with Crippen molar-refractivity contribution in [2.75, 3.05) is 14.2 Å². The van der Waals surface area contributed by atoms with Crippen molar-refractivity contribution in [2.24, 2.45) is 0 Å². The Kier molecular flexibility index (Phi) is 5.11. The van der Waals surface area contributed by atoms with Gasteiger partial charge in [-0.25, -0.2) is 4.79 Å². The number of allylic oxidation sites excluding steroid dienone is 2. The second-order valence-corrected chi connectivity index (χ2v) is 1.75. The van der Waals surface area contributed by atoms with Crippen molar-refractivity contribution in [3.63, 3.8) is 0 Å². The van der Waals surface area contributed by atoms with Crippen molar-refractivity contribution in [1.29, 1.82) is 5.26 Å². The van der Waals surface area contributed by atoms with Crippen LogP contribution in [0.3, 0.4) is 0 Å². The average molecular weight is 167 g/mol. The normalized spacial score (nSPS) is 10.9. The van der Waals surface area contributed by atoms with E-state index in [-0.39, 0.29) is 5.57 Å². The fourth-order valence-electron chi connectivity index (χ4n) is 0.475. The molecule has 0 heterocycles. The molecule has 0 aliphatic rings. The standard InChI is InChI=1S/C8H9NO3/c1-11-5-3-4-7(6-9)8(10)12-2/h3-5H,1-2H3/b5-3+,7-4-. The lowest BCUT2D eigenvalue weighted by molar-refractivity contribution is -0.135. The van der Waals surface area contributed by atoms with E-state index in [0.29, 0.717) is 0 Å². The molecular weight excluding hydrogens is 158 g/mol. The Morgan fingerprint density at radius 2 is 2.17 bits per heavy atom. The molecule has 0 amide bonds. The number of carbonyl (C=O) groups is 1. The summed E-state index contributed by atoms with van der Waals surface area (Å²) in [6, 6.07) is 1.69. The first-order chi connectivity index (χ1) is 5.76. The Bertz CT molecular complexity index is 248. The van der Waals surface area contributed by atoms with E-state index < -0.39 is 5.97 Å². The van der Waals surface area contributed by atoms with Crippen LogP contribution in [0.15, 0.2) is 24.0 Å². The minimum absolute atomic E-state index is 0.0641. The number of carbonyl (C=O) groups excluding carboxylic acids is 1. The van der Waals surface area contributed by atoms with Gasteiger partial charge in [-0.15, -0.1) is 0 Å². The summed E-state index contributed by atoms with van der Waals surface area (Å²) in [5, 5.41) is 8.43. The van der Waals surface area contributed by atoms with Crippen LogP contribution < -0.4 is 0 Å². The van der Waals surface area contributed by atoms with Crippen molar-refractivity contribution in [3.05, 3.63) is 24.0 Å². The molecule has 0 unspecified atom stereocenters. The number of nitriles is 1. The molecule has 0 saturated carbocycles. The van der Waals surface area contributed by atoms with Crippen LogP contribution in [-0.4, -0.2) is 20.2 Å². The van der Waals surface area contributed by atoms with Crippen LogP contribution >= 0.6 is 0 Å². The Morgan fingerprint density at radius 3 is 2.58 bits per heavy atom. The van der Waals surface area contributed by atoms with Gasteiger partial charge >= 0.3 is 5.97 Å². The Hall–Kier alpha value is -1.76. The number of esters is 1. The van der Waals surface area contributed by atoms with Gasteiger partial charge in [-0.1, -0.05) is 0 Å². The number of nitrogens with zero attached hydrogens (tertiary/aromatic N) is 1. The third-order valence-corrected chi connectivity index (χ3v) is 1.00. The maximum Gasteiger partial charge on any atom is 0.348 e. The minimum Gasteiger partial charge on any atom is -0.504 e. The summed E-state index contributed by atoms with van der Waals surface area (Å²) in [4.78, 5) is 10.7. The summed E-state index contributed by atoms with van der Waals surface area (Å²) in [5.41, 5.74) is -0.0641. The van der Waals surface area contributed by atoms with Gasteiger partial charge < -0.3 is 9.47 Å². The average Bonchev–Trinajstić information content (AvgIpc) is 2.11. The molecule has 0 spiro atoms. The van der Waals surface area contributed by atoms with E-state index in [1.165, 1.54) is 32.6 Å². The Balaban J connectivity index is 4.36. The van der Waals surface area contributed by atoms with Gasteiger partial charge in [-0.3, -0.25) is 0 Å². The van der Waals surface area contributed by atoms with Crippen molar-refractivity contribution in [1.82, 2.24) is 0 Å². The molecule has 0 radical (unpaired) electrons. The molecule has 0 rings (SSSR count). The van der Waals surface area contributed by atoms with Crippen LogP contribution in [-0.2, 0) is 14.3 Å². The van der Waals surface area contributed by atoms with Crippen LogP contribution in [0, 0.1) is 11.3 Å². The number of methoxy groups -OCH3 is 2. The lowest BCUT2D eigenvalue weighted by Gasteiger charge is -1.92. The van der Waals surface area contributed by atoms with E-state index in [9.17, 15) is 4.79 Å². The van der Waals surface area contributed by atoms with Gasteiger partial charge in [0.15, 0.2) is 0 Å². The van der Waals surface area contributed by atoms with Crippen LogP contribution in [0.5, 0.6) is 0 Å².